The van der Waals surface area contributed by atoms with E-state index in [2.05, 4.69) is 42.1 Å². The number of rotatable bonds is 8. The van der Waals surface area contributed by atoms with Gasteiger partial charge in [-0.25, -0.2) is 9.98 Å². The van der Waals surface area contributed by atoms with Gasteiger partial charge in [-0.15, -0.1) is 0 Å². The highest BCUT2D eigenvalue weighted by molar-refractivity contribution is 6.19. The number of aliphatic imine (C=N–C) groups is 1. The molecule has 4 rings (SSSR count). The zero-order chi connectivity index (χ0) is 23.4. The summed E-state index contributed by atoms with van der Waals surface area (Å²) < 4.78 is 16.7. The first-order valence-electron chi connectivity index (χ1n) is 10.9. The lowest BCUT2D eigenvalue weighted by Crippen LogP contribution is -2.24. The van der Waals surface area contributed by atoms with Crippen molar-refractivity contribution < 1.29 is 14.2 Å². The van der Waals surface area contributed by atoms with Gasteiger partial charge in [-0.2, -0.15) is 0 Å². The molecule has 0 radical (unpaired) electrons. The molecule has 0 unspecified atom stereocenters. The van der Waals surface area contributed by atoms with Crippen molar-refractivity contribution >= 4 is 22.9 Å². The van der Waals surface area contributed by atoms with Gasteiger partial charge in [-0.1, -0.05) is 18.2 Å². The molecule has 0 saturated carbocycles. The fourth-order valence-electron chi connectivity index (χ4n) is 4.10. The van der Waals surface area contributed by atoms with Gasteiger partial charge in [-0.3, -0.25) is 0 Å². The molecule has 33 heavy (non-hydrogen) atoms. The molecule has 0 N–H and O–H groups in total. The van der Waals surface area contributed by atoms with Crippen LogP contribution in [-0.4, -0.2) is 64.1 Å². The number of fused-ring (bicyclic) bond motifs is 2. The van der Waals surface area contributed by atoms with Crippen LogP contribution in [0.4, 0.5) is 17.2 Å². The van der Waals surface area contributed by atoms with Crippen molar-refractivity contribution in [1.29, 1.82) is 0 Å². The van der Waals surface area contributed by atoms with E-state index in [-0.39, 0.29) is 0 Å². The molecule has 7 heteroatoms. The third-order valence-electron chi connectivity index (χ3n) is 5.63. The highest BCUT2D eigenvalue weighted by Crippen LogP contribution is 2.42. The Hall–Kier alpha value is -3.58. The van der Waals surface area contributed by atoms with Gasteiger partial charge < -0.3 is 24.0 Å². The summed E-state index contributed by atoms with van der Waals surface area (Å²) in [7, 11) is 9.03. The molecule has 0 atom stereocenters. The standard InChI is InChI=1S/C26H30N4O3/c1-29(2)14-9-15-30-21-12-7-6-10-19(21)24(28-20-11-8-13-27-26(20)30)18-16-22(31-3)25(33-5)23(17-18)32-4/h6-8,10-13,16-17H,9,14-15H2,1-5H3. The highest BCUT2D eigenvalue weighted by Gasteiger charge is 2.26. The molecular weight excluding hydrogens is 416 g/mol. The van der Waals surface area contributed by atoms with E-state index < -0.39 is 0 Å². The van der Waals surface area contributed by atoms with Crippen molar-refractivity contribution in [3.8, 4) is 17.2 Å². The Bertz CT molecular complexity index is 1130. The van der Waals surface area contributed by atoms with Crippen LogP contribution in [0.1, 0.15) is 17.5 Å². The second-order valence-electron chi connectivity index (χ2n) is 8.05. The molecule has 7 nitrogen and oxygen atoms in total. The van der Waals surface area contributed by atoms with Gasteiger partial charge in [0.15, 0.2) is 17.3 Å². The summed E-state index contributed by atoms with van der Waals surface area (Å²) in [5.41, 5.74) is 4.62. The topological polar surface area (TPSA) is 59.4 Å². The molecule has 0 saturated heterocycles. The fourth-order valence-corrected chi connectivity index (χ4v) is 4.10. The Morgan fingerprint density at radius 1 is 0.909 bits per heavy atom. The van der Waals surface area contributed by atoms with E-state index in [1.807, 2.05) is 36.5 Å². The monoisotopic (exact) mass is 446 g/mol. The molecule has 2 aromatic carbocycles. The van der Waals surface area contributed by atoms with Crippen LogP contribution in [0.15, 0.2) is 59.7 Å². The molecule has 0 fully saturated rings. The van der Waals surface area contributed by atoms with E-state index in [1.54, 1.807) is 21.3 Å². The summed E-state index contributed by atoms with van der Waals surface area (Å²) in [6.07, 6.45) is 2.82. The second-order valence-corrected chi connectivity index (χ2v) is 8.05. The number of benzene rings is 2. The molecule has 0 bridgehead atoms. The number of hydrogen-bond acceptors (Lipinski definition) is 7. The number of aromatic nitrogens is 1. The number of methoxy groups -OCH3 is 3. The maximum atomic E-state index is 5.61. The van der Waals surface area contributed by atoms with Crippen molar-refractivity contribution in [3.05, 3.63) is 65.9 Å². The van der Waals surface area contributed by atoms with Crippen molar-refractivity contribution in [2.45, 2.75) is 6.42 Å². The molecule has 1 aromatic heterocycles. The maximum Gasteiger partial charge on any atom is 0.203 e. The van der Waals surface area contributed by atoms with Gasteiger partial charge in [0.1, 0.15) is 5.69 Å². The molecule has 2 heterocycles. The molecule has 172 valence electrons. The second kappa shape index (κ2) is 9.92. The van der Waals surface area contributed by atoms with Crippen LogP contribution in [0.3, 0.4) is 0 Å². The normalized spacial score (nSPS) is 12.5. The molecule has 1 aliphatic rings. The van der Waals surface area contributed by atoms with E-state index in [0.29, 0.717) is 17.2 Å². The van der Waals surface area contributed by atoms with Crippen LogP contribution in [0.5, 0.6) is 17.2 Å². The molecule has 0 spiro atoms. The van der Waals surface area contributed by atoms with E-state index in [9.17, 15) is 0 Å². The minimum atomic E-state index is 0.554. The predicted molar refractivity (Wildman–Crippen MR) is 132 cm³/mol. The van der Waals surface area contributed by atoms with E-state index >= 15 is 0 Å². The number of anilines is 2. The van der Waals surface area contributed by atoms with Gasteiger partial charge in [0.05, 0.1) is 32.7 Å². The van der Waals surface area contributed by atoms with Gasteiger partial charge in [0.25, 0.3) is 0 Å². The maximum absolute atomic E-state index is 5.61. The van der Waals surface area contributed by atoms with Gasteiger partial charge in [-0.05, 0) is 57.4 Å². The average molecular weight is 447 g/mol. The minimum absolute atomic E-state index is 0.554. The predicted octanol–water partition coefficient (Wildman–Crippen LogP) is 4.68. The van der Waals surface area contributed by atoms with Crippen LogP contribution in [-0.2, 0) is 0 Å². The molecule has 0 amide bonds. The largest absolute Gasteiger partial charge is 0.493 e. The van der Waals surface area contributed by atoms with Crippen LogP contribution in [0.25, 0.3) is 0 Å². The lowest BCUT2D eigenvalue weighted by Gasteiger charge is -2.26. The quantitative estimate of drug-likeness (QED) is 0.501. The van der Waals surface area contributed by atoms with Crippen LogP contribution < -0.4 is 19.1 Å². The first-order valence-corrected chi connectivity index (χ1v) is 10.9. The third kappa shape index (κ3) is 4.50. The van der Waals surface area contributed by atoms with E-state index in [1.165, 1.54) is 0 Å². The van der Waals surface area contributed by atoms with Crippen molar-refractivity contribution in [1.82, 2.24) is 9.88 Å². The summed E-state index contributed by atoms with van der Waals surface area (Å²) >= 11 is 0. The summed E-state index contributed by atoms with van der Waals surface area (Å²) in [5.74, 6) is 2.58. The van der Waals surface area contributed by atoms with Crippen molar-refractivity contribution in [2.75, 3.05) is 53.4 Å². The van der Waals surface area contributed by atoms with E-state index in [0.717, 1.165) is 53.5 Å². The Morgan fingerprint density at radius 3 is 2.30 bits per heavy atom. The van der Waals surface area contributed by atoms with Crippen LogP contribution in [0.2, 0.25) is 0 Å². The highest BCUT2D eigenvalue weighted by atomic mass is 16.5. The lowest BCUT2D eigenvalue weighted by atomic mass is 9.99. The first-order chi connectivity index (χ1) is 16.1. The summed E-state index contributed by atoms with van der Waals surface area (Å²) in [4.78, 5) is 14.3. The molecule has 3 aromatic rings. The smallest absolute Gasteiger partial charge is 0.203 e. The fraction of sp³-hybridized carbons (Fsp3) is 0.308. The van der Waals surface area contributed by atoms with E-state index in [4.69, 9.17) is 24.2 Å². The average Bonchev–Trinajstić information content (AvgIpc) is 2.98. The van der Waals surface area contributed by atoms with Crippen molar-refractivity contribution in [3.63, 3.8) is 0 Å². The zero-order valence-corrected chi connectivity index (χ0v) is 19.8. The Labute approximate surface area is 195 Å². The van der Waals surface area contributed by atoms with Crippen LogP contribution in [0, 0.1) is 0 Å². The summed E-state index contributed by atoms with van der Waals surface area (Å²) in [5, 5.41) is 0. The van der Waals surface area contributed by atoms with Gasteiger partial charge in [0.2, 0.25) is 5.75 Å². The number of hydrogen-bond donors (Lipinski definition) is 0. The van der Waals surface area contributed by atoms with Gasteiger partial charge in [0, 0.05) is 23.9 Å². The lowest BCUT2D eigenvalue weighted by molar-refractivity contribution is 0.324. The third-order valence-corrected chi connectivity index (χ3v) is 5.63. The molecule has 1 aliphatic heterocycles. The van der Waals surface area contributed by atoms with Crippen molar-refractivity contribution in [2.24, 2.45) is 4.99 Å². The Kier molecular flexibility index (Phi) is 6.79. The number of nitrogens with zero attached hydrogens (tertiary/aromatic N) is 4. The first kappa shape index (κ1) is 22.6. The summed E-state index contributed by atoms with van der Waals surface area (Å²) in [6.45, 7) is 1.82. The molecule has 0 aliphatic carbocycles. The van der Waals surface area contributed by atoms with Gasteiger partial charge >= 0.3 is 0 Å². The Balaban J connectivity index is 1.90. The van der Waals surface area contributed by atoms with Crippen LogP contribution >= 0.6 is 0 Å². The number of pyridine rings is 1. The SMILES string of the molecule is COc1cc(C2=Nc3cccnc3N(CCCN(C)C)c3ccccc32)cc(OC)c1OC. The number of ether oxygens (including phenoxy) is 3. The Morgan fingerprint density at radius 2 is 1.64 bits per heavy atom. The minimum Gasteiger partial charge on any atom is -0.493 e. The zero-order valence-electron chi connectivity index (χ0n) is 19.8. The summed E-state index contributed by atoms with van der Waals surface area (Å²) in [6, 6.07) is 16.1. The number of para-hydroxylation sites is 1. The molecular formula is C26H30N4O3.